The Bertz CT molecular complexity index is 1150. The molecule has 1 saturated heterocycles. The number of fused-ring (bicyclic) bond motifs is 1. The second-order valence-electron chi connectivity index (χ2n) is 8.60. The Morgan fingerprint density at radius 1 is 1.11 bits per heavy atom. The maximum atomic E-state index is 13.4. The molecule has 4 rings (SSSR count). The topological polar surface area (TPSA) is 145 Å². The van der Waals surface area contributed by atoms with E-state index in [0.29, 0.717) is 31.8 Å². The summed E-state index contributed by atoms with van der Waals surface area (Å²) in [5.41, 5.74) is 2.39. The van der Waals surface area contributed by atoms with Crippen LogP contribution in [-0.2, 0) is 32.0 Å². The van der Waals surface area contributed by atoms with E-state index in [1.165, 1.54) is 0 Å². The highest BCUT2D eigenvalue weighted by molar-refractivity contribution is 5.89. The third-order valence-corrected chi connectivity index (χ3v) is 5.97. The van der Waals surface area contributed by atoms with Crippen LogP contribution >= 0.6 is 0 Å². The van der Waals surface area contributed by atoms with Crippen LogP contribution in [0, 0.1) is 0 Å². The number of benzene rings is 2. The van der Waals surface area contributed by atoms with Crippen molar-refractivity contribution in [2.24, 2.45) is 0 Å². The summed E-state index contributed by atoms with van der Waals surface area (Å²) in [6.45, 7) is 0.462. The fourth-order valence-corrected chi connectivity index (χ4v) is 4.21. The van der Waals surface area contributed by atoms with Crippen molar-refractivity contribution in [1.29, 1.82) is 0 Å². The van der Waals surface area contributed by atoms with Gasteiger partial charge in [-0.2, -0.15) is 0 Å². The zero-order valence-corrected chi connectivity index (χ0v) is 19.1. The van der Waals surface area contributed by atoms with Gasteiger partial charge in [-0.1, -0.05) is 24.3 Å². The maximum absolute atomic E-state index is 13.4. The highest BCUT2D eigenvalue weighted by Crippen LogP contribution is 2.17. The van der Waals surface area contributed by atoms with Crippen molar-refractivity contribution in [3.05, 3.63) is 59.9 Å². The van der Waals surface area contributed by atoms with Gasteiger partial charge < -0.3 is 30.2 Å². The molecule has 0 saturated carbocycles. The van der Waals surface area contributed by atoms with Crippen molar-refractivity contribution in [2.75, 3.05) is 19.7 Å². The molecular formula is C25H28N4O6. The summed E-state index contributed by atoms with van der Waals surface area (Å²) in [7, 11) is 0. The number of imidazole rings is 1. The number of nitrogens with one attached hydrogen (secondary N) is 2. The van der Waals surface area contributed by atoms with Crippen LogP contribution in [0.1, 0.15) is 24.2 Å². The standard InChI is InChI=1S/C25H28N4O6/c30-17-7-5-16(6-8-17)13-21(25(34)29-11-9-18(10-12-29)35-15-24(32)33)28-23(31)14-22-26-19-3-1-2-4-20(19)27-22/h1-8,18,21,30H,9-15H2,(H,26,27)(H,28,31)(H,32,33). The number of phenolic OH excluding ortho intramolecular Hbond substituents is 1. The lowest BCUT2D eigenvalue weighted by atomic mass is 10.0. The first-order valence-corrected chi connectivity index (χ1v) is 11.5. The quantitative estimate of drug-likeness (QED) is 0.364. The number of amides is 2. The monoisotopic (exact) mass is 480 g/mol. The van der Waals surface area contributed by atoms with Gasteiger partial charge in [-0.3, -0.25) is 9.59 Å². The number of rotatable bonds is 9. The number of nitrogens with zero attached hydrogens (tertiary/aromatic N) is 2. The number of carboxylic acid groups (broad SMARTS) is 1. The number of aromatic hydroxyl groups is 1. The van der Waals surface area contributed by atoms with Crippen LogP contribution in [0.5, 0.6) is 5.75 Å². The number of para-hydroxylation sites is 2. The Morgan fingerprint density at radius 2 is 1.83 bits per heavy atom. The Hall–Kier alpha value is -3.92. The van der Waals surface area contributed by atoms with Crippen LogP contribution in [-0.4, -0.2) is 74.7 Å². The average molecular weight is 481 g/mol. The van der Waals surface area contributed by atoms with E-state index in [0.717, 1.165) is 16.6 Å². The van der Waals surface area contributed by atoms with Gasteiger partial charge >= 0.3 is 5.97 Å². The van der Waals surface area contributed by atoms with Gasteiger partial charge in [0.15, 0.2) is 0 Å². The van der Waals surface area contributed by atoms with E-state index < -0.39 is 12.0 Å². The van der Waals surface area contributed by atoms with Gasteiger partial charge in [0.1, 0.15) is 24.2 Å². The van der Waals surface area contributed by atoms with Crippen LogP contribution in [0.3, 0.4) is 0 Å². The molecule has 2 heterocycles. The largest absolute Gasteiger partial charge is 0.508 e. The summed E-state index contributed by atoms with van der Waals surface area (Å²) >= 11 is 0. The molecule has 0 radical (unpaired) electrons. The lowest BCUT2D eigenvalue weighted by Crippen LogP contribution is -2.52. The lowest BCUT2D eigenvalue weighted by Gasteiger charge is -2.34. The summed E-state index contributed by atoms with van der Waals surface area (Å²) < 4.78 is 5.35. The zero-order chi connectivity index (χ0) is 24.8. The number of carboxylic acids is 1. The predicted molar refractivity (Wildman–Crippen MR) is 127 cm³/mol. The molecule has 4 N–H and O–H groups in total. The van der Waals surface area contributed by atoms with Gasteiger partial charge in [0, 0.05) is 19.5 Å². The second kappa shape index (κ2) is 11.0. The van der Waals surface area contributed by atoms with E-state index in [1.807, 2.05) is 24.3 Å². The number of ether oxygens (including phenoxy) is 1. The average Bonchev–Trinajstić information content (AvgIpc) is 3.25. The molecule has 0 spiro atoms. The van der Waals surface area contributed by atoms with E-state index >= 15 is 0 Å². The summed E-state index contributed by atoms with van der Waals surface area (Å²) in [4.78, 5) is 46.2. The molecule has 35 heavy (non-hydrogen) atoms. The summed E-state index contributed by atoms with van der Waals surface area (Å²) in [6, 6.07) is 13.2. The number of piperidine rings is 1. The van der Waals surface area contributed by atoms with Crippen LogP contribution in [0.4, 0.5) is 0 Å². The molecule has 1 aliphatic rings. The van der Waals surface area contributed by atoms with Crippen LogP contribution in [0.25, 0.3) is 11.0 Å². The SMILES string of the molecule is O=C(O)COC1CCN(C(=O)C(Cc2ccc(O)cc2)NC(=O)Cc2nc3ccccc3[nH]2)CC1. The van der Waals surface area contributed by atoms with Crippen molar-refractivity contribution in [2.45, 2.75) is 37.8 Å². The number of aromatic amines is 1. The fraction of sp³-hybridized carbons (Fsp3) is 0.360. The van der Waals surface area contributed by atoms with Crippen LogP contribution in [0.2, 0.25) is 0 Å². The number of aromatic nitrogens is 2. The number of carbonyl (C=O) groups excluding carboxylic acids is 2. The number of likely N-dealkylation sites (tertiary alicyclic amines) is 1. The molecule has 184 valence electrons. The summed E-state index contributed by atoms with van der Waals surface area (Å²) in [6.07, 6.45) is 1.10. The minimum Gasteiger partial charge on any atom is -0.508 e. The highest BCUT2D eigenvalue weighted by Gasteiger charge is 2.30. The second-order valence-corrected chi connectivity index (χ2v) is 8.60. The van der Waals surface area contributed by atoms with E-state index in [-0.39, 0.29) is 43.1 Å². The van der Waals surface area contributed by atoms with Gasteiger partial charge in [0.05, 0.1) is 23.6 Å². The molecule has 2 aromatic carbocycles. The molecule has 1 atom stereocenters. The molecule has 0 bridgehead atoms. The molecule has 2 amide bonds. The van der Waals surface area contributed by atoms with Crippen molar-refractivity contribution < 1.29 is 29.3 Å². The summed E-state index contributed by atoms with van der Waals surface area (Å²) in [5.74, 6) is -0.942. The third-order valence-electron chi connectivity index (χ3n) is 5.97. The van der Waals surface area contributed by atoms with E-state index in [4.69, 9.17) is 9.84 Å². The molecule has 3 aromatic rings. The van der Waals surface area contributed by atoms with Crippen molar-refractivity contribution >= 4 is 28.8 Å². The normalized spacial score (nSPS) is 15.1. The molecule has 10 nitrogen and oxygen atoms in total. The Kier molecular flexibility index (Phi) is 7.61. The molecule has 1 aromatic heterocycles. The minimum atomic E-state index is -1.02. The molecule has 1 fully saturated rings. The smallest absolute Gasteiger partial charge is 0.329 e. The fourth-order valence-electron chi connectivity index (χ4n) is 4.21. The number of aliphatic carboxylic acids is 1. The number of phenols is 1. The minimum absolute atomic E-state index is 0.000853. The lowest BCUT2D eigenvalue weighted by molar-refractivity contribution is -0.147. The number of H-pyrrole nitrogens is 1. The van der Waals surface area contributed by atoms with E-state index in [9.17, 15) is 19.5 Å². The third kappa shape index (κ3) is 6.57. The number of carbonyl (C=O) groups is 3. The first-order valence-electron chi connectivity index (χ1n) is 11.5. The van der Waals surface area contributed by atoms with Crippen LogP contribution < -0.4 is 5.32 Å². The summed E-state index contributed by atoms with van der Waals surface area (Å²) in [5, 5.41) is 21.2. The molecule has 10 heteroatoms. The van der Waals surface area contributed by atoms with Crippen molar-refractivity contribution in [3.63, 3.8) is 0 Å². The number of hydrogen-bond acceptors (Lipinski definition) is 6. The first kappa shape index (κ1) is 24.2. The molecular weight excluding hydrogens is 452 g/mol. The van der Waals surface area contributed by atoms with Crippen LogP contribution in [0.15, 0.2) is 48.5 Å². The van der Waals surface area contributed by atoms with E-state index in [2.05, 4.69) is 15.3 Å². The molecule has 1 aliphatic heterocycles. The van der Waals surface area contributed by atoms with Gasteiger partial charge in [-0.05, 0) is 42.7 Å². The van der Waals surface area contributed by atoms with Crippen molar-refractivity contribution in [3.8, 4) is 5.75 Å². The highest BCUT2D eigenvalue weighted by atomic mass is 16.5. The van der Waals surface area contributed by atoms with Crippen molar-refractivity contribution in [1.82, 2.24) is 20.2 Å². The predicted octanol–water partition coefficient (Wildman–Crippen LogP) is 1.63. The Labute approximate surface area is 201 Å². The molecule has 1 unspecified atom stereocenters. The van der Waals surface area contributed by atoms with E-state index in [1.54, 1.807) is 29.2 Å². The van der Waals surface area contributed by atoms with Gasteiger partial charge in [-0.25, -0.2) is 9.78 Å². The van der Waals surface area contributed by atoms with Gasteiger partial charge in [0.25, 0.3) is 0 Å². The Morgan fingerprint density at radius 3 is 2.51 bits per heavy atom. The number of hydrogen-bond donors (Lipinski definition) is 4. The first-order chi connectivity index (χ1) is 16.9. The maximum Gasteiger partial charge on any atom is 0.329 e. The van der Waals surface area contributed by atoms with Gasteiger partial charge in [-0.15, -0.1) is 0 Å². The van der Waals surface area contributed by atoms with Gasteiger partial charge in [0.2, 0.25) is 11.8 Å². The zero-order valence-electron chi connectivity index (χ0n) is 19.1. The Balaban J connectivity index is 1.42. The molecule has 0 aliphatic carbocycles.